The van der Waals surface area contributed by atoms with Crippen LogP contribution in [0.1, 0.15) is 43.0 Å². The maximum absolute atomic E-state index is 13.5. The number of hydrogen-bond acceptors (Lipinski definition) is 8. The smallest absolute Gasteiger partial charge is 0.285 e. The van der Waals surface area contributed by atoms with E-state index >= 15 is 0 Å². The Balaban J connectivity index is 1.22. The summed E-state index contributed by atoms with van der Waals surface area (Å²) in [7, 11) is 0. The molecule has 5 aromatic rings. The van der Waals surface area contributed by atoms with Crippen LogP contribution in [0.4, 0.5) is 0 Å². The van der Waals surface area contributed by atoms with Gasteiger partial charge >= 0.3 is 0 Å². The van der Waals surface area contributed by atoms with Crippen molar-refractivity contribution in [1.82, 2.24) is 5.06 Å². The molecular formula is C42H39NO8. The van der Waals surface area contributed by atoms with Crippen LogP contribution >= 0.6 is 0 Å². The van der Waals surface area contributed by atoms with Crippen molar-refractivity contribution >= 4 is 11.8 Å². The molecule has 51 heavy (non-hydrogen) atoms. The predicted molar refractivity (Wildman–Crippen MR) is 188 cm³/mol. The van der Waals surface area contributed by atoms with Crippen LogP contribution in [0.2, 0.25) is 0 Å². The SMILES string of the molecule is O=C1c2ccccc2C(=O)N1O[C@@H]1O[C@H](COCc2ccccc2)[C@@H](OCc2ccccc2)[C@H](OCc2ccccc2)[C@@H]1OCc1ccccc1. The largest absolute Gasteiger partial charge is 0.374 e. The molecule has 1 fully saturated rings. The van der Waals surface area contributed by atoms with Crippen LogP contribution in [-0.4, -0.2) is 54.2 Å². The highest BCUT2D eigenvalue weighted by molar-refractivity contribution is 6.20. The summed E-state index contributed by atoms with van der Waals surface area (Å²) >= 11 is 0. The molecule has 9 heteroatoms. The minimum atomic E-state index is -1.25. The number of ether oxygens (including phenoxy) is 5. The van der Waals surface area contributed by atoms with Gasteiger partial charge in [0.2, 0.25) is 6.29 Å². The average Bonchev–Trinajstić information content (AvgIpc) is 3.42. The Morgan fingerprint density at radius 3 is 1.33 bits per heavy atom. The van der Waals surface area contributed by atoms with E-state index in [2.05, 4.69) is 0 Å². The van der Waals surface area contributed by atoms with Gasteiger partial charge in [-0.05, 0) is 34.4 Å². The number of benzene rings is 5. The fraction of sp³-hybridized carbons (Fsp3) is 0.238. The Hall–Kier alpha value is -5.00. The van der Waals surface area contributed by atoms with Gasteiger partial charge in [0.25, 0.3) is 11.8 Å². The van der Waals surface area contributed by atoms with Crippen molar-refractivity contribution in [3.63, 3.8) is 0 Å². The lowest BCUT2D eigenvalue weighted by Crippen LogP contribution is -2.62. The maximum Gasteiger partial charge on any atom is 0.285 e. The molecule has 5 aromatic carbocycles. The number of imide groups is 1. The first-order chi connectivity index (χ1) is 25.1. The van der Waals surface area contributed by atoms with Crippen molar-refractivity contribution in [2.24, 2.45) is 0 Å². The summed E-state index contributed by atoms with van der Waals surface area (Å²) < 4.78 is 32.9. The van der Waals surface area contributed by atoms with Crippen molar-refractivity contribution < 1.29 is 38.1 Å². The highest BCUT2D eigenvalue weighted by atomic mass is 16.8. The number of rotatable bonds is 15. The molecule has 7 rings (SSSR count). The number of nitrogens with zero attached hydrogens (tertiary/aromatic N) is 1. The zero-order valence-electron chi connectivity index (χ0n) is 28.0. The number of carbonyl (C=O) groups is 2. The molecule has 0 spiro atoms. The van der Waals surface area contributed by atoms with Crippen LogP contribution in [0.3, 0.4) is 0 Å². The average molecular weight is 686 g/mol. The van der Waals surface area contributed by atoms with Crippen LogP contribution in [0.5, 0.6) is 0 Å². The summed E-state index contributed by atoms with van der Waals surface area (Å²) in [4.78, 5) is 33.2. The molecule has 0 N–H and O–H groups in total. The number of hydrogen-bond donors (Lipinski definition) is 0. The van der Waals surface area contributed by atoms with Crippen LogP contribution in [0.25, 0.3) is 0 Å². The van der Waals surface area contributed by atoms with E-state index in [1.165, 1.54) is 0 Å². The summed E-state index contributed by atoms with van der Waals surface area (Å²) in [5, 5.41) is 0.759. The minimum Gasteiger partial charge on any atom is -0.374 e. The van der Waals surface area contributed by atoms with Gasteiger partial charge in [-0.15, -0.1) is 5.06 Å². The molecule has 260 valence electrons. The summed E-state index contributed by atoms with van der Waals surface area (Å²) in [6.07, 6.45) is -4.41. The first-order valence-electron chi connectivity index (χ1n) is 17.0. The highest BCUT2D eigenvalue weighted by Gasteiger charge is 2.51. The molecule has 0 radical (unpaired) electrons. The van der Waals surface area contributed by atoms with E-state index in [9.17, 15) is 9.59 Å². The van der Waals surface area contributed by atoms with Crippen molar-refractivity contribution in [2.45, 2.75) is 57.1 Å². The molecule has 2 aliphatic rings. The number of carbonyl (C=O) groups excluding carboxylic acids is 2. The number of fused-ring (bicyclic) bond motifs is 1. The Morgan fingerprint density at radius 2 is 0.863 bits per heavy atom. The van der Waals surface area contributed by atoms with E-state index in [0.717, 1.165) is 27.3 Å². The zero-order chi connectivity index (χ0) is 34.8. The molecule has 5 atom stereocenters. The number of hydroxylamine groups is 2. The molecule has 2 amide bonds. The van der Waals surface area contributed by atoms with Gasteiger partial charge in [-0.2, -0.15) is 0 Å². The number of amides is 2. The normalized spacial score (nSPS) is 21.5. The molecule has 0 aromatic heterocycles. The molecule has 1 saturated heterocycles. The van der Waals surface area contributed by atoms with E-state index in [1.54, 1.807) is 24.3 Å². The Labute approximate surface area is 297 Å². The van der Waals surface area contributed by atoms with Crippen LogP contribution in [0, 0.1) is 0 Å². The molecule has 2 aliphatic heterocycles. The van der Waals surface area contributed by atoms with Crippen molar-refractivity contribution in [3.05, 3.63) is 179 Å². The van der Waals surface area contributed by atoms with Gasteiger partial charge in [-0.25, -0.2) is 4.84 Å². The molecule has 0 saturated carbocycles. The molecular weight excluding hydrogens is 646 g/mol. The van der Waals surface area contributed by atoms with Crippen molar-refractivity contribution in [3.8, 4) is 0 Å². The Morgan fingerprint density at radius 1 is 0.471 bits per heavy atom. The van der Waals surface area contributed by atoms with E-state index in [1.807, 2.05) is 121 Å². The Kier molecular flexibility index (Phi) is 11.4. The first kappa shape index (κ1) is 34.4. The van der Waals surface area contributed by atoms with E-state index in [-0.39, 0.29) is 37.6 Å². The second-order valence-corrected chi connectivity index (χ2v) is 12.4. The molecule has 0 aliphatic carbocycles. The fourth-order valence-electron chi connectivity index (χ4n) is 6.20. The standard InChI is InChI=1S/C42H39NO8/c44-40-34-23-13-14-24-35(34)41(45)43(40)51-42-39(49-28-33-21-11-4-12-22-33)38(48-27-32-19-9-3-10-20-32)37(47-26-31-17-7-2-8-18-31)36(50-42)29-46-25-30-15-5-1-6-16-30/h1-24,36-39,42H,25-29H2/t36-,37-,38+,39+,42+/m1/s1. The van der Waals surface area contributed by atoms with Gasteiger partial charge < -0.3 is 23.7 Å². The lowest BCUT2D eigenvalue weighted by atomic mass is 9.98. The van der Waals surface area contributed by atoms with Gasteiger partial charge in [-0.3, -0.25) is 9.59 Å². The second-order valence-electron chi connectivity index (χ2n) is 12.4. The maximum atomic E-state index is 13.5. The third-order valence-corrected chi connectivity index (χ3v) is 8.81. The van der Waals surface area contributed by atoms with Gasteiger partial charge in [0, 0.05) is 0 Å². The van der Waals surface area contributed by atoms with Gasteiger partial charge in [0.05, 0.1) is 44.2 Å². The first-order valence-corrected chi connectivity index (χ1v) is 17.0. The highest BCUT2D eigenvalue weighted by Crippen LogP contribution is 2.34. The predicted octanol–water partition coefficient (Wildman–Crippen LogP) is 6.91. The lowest BCUT2D eigenvalue weighted by molar-refractivity contribution is -0.358. The van der Waals surface area contributed by atoms with E-state index in [0.29, 0.717) is 6.61 Å². The van der Waals surface area contributed by atoms with Crippen LogP contribution < -0.4 is 0 Å². The lowest BCUT2D eigenvalue weighted by Gasteiger charge is -2.46. The molecule has 9 nitrogen and oxygen atoms in total. The molecule has 2 heterocycles. The van der Waals surface area contributed by atoms with Crippen LogP contribution in [-0.2, 0) is 54.9 Å². The quantitative estimate of drug-likeness (QED) is 0.110. The van der Waals surface area contributed by atoms with Gasteiger partial charge in [0.15, 0.2) is 0 Å². The monoisotopic (exact) mass is 685 g/mol. The summed E-state index contributed by atoms with van der Waals surface area (Å²) in [5.41, 5.74) is 4.33. The molecule has 0 unspecified atom stereocenters. The topological polar surface area (TPSA) is 92.8 Å². The van der Waals surface area contributed by atoms with Crippen molar-refractivity contribution in [2.75, 3.05) is 6.61 Å². The summed E-state index contributed by atoms with van der Waals surface area (Å²) in [6, 6.07) is 45.8. The summed E-state index contributed by atoms with van der Waals surface area (Å²) in [6.45, 7) is 1.12. The third kappa shape index (κ3) is 8.49. The second kappa shape index (κ2) is 16.8. The summed E-state index contributed by atoms with van der Waals surface area (Å²) in [5.74, 6) is -1.16. The third-order valence-electron chi connectivity index (χ3n) is 8.81. The van der Waals surface area contributed by atoms with Crippen LogP contribution in [0.15, 0.2) is 146 Å². The zero-order valence-corrected chi connectivity index (χ0v) is 28.0. The van der Waals surface area contributed by atoms with Gasteiger partial charge in [0.1, 0.15) is 24.4 Å². The van der Waals surface area contributed by atoms with E-state index in [4.69, 9.17) is 28.5 Å². The van der Waals surface area contributed by atoms with E-state index < -0.39 is 42.5 Å². The molecule has 0 bridgehead atoms. The minimum absolute atomic E-state index is 0.104. The fourth-order valence-corrected chi connectivity index (χ4v) is 6.20. The van der Waals surface area contributed by atoms with Gasteiger partial charge in [-0.1, -0.05) is 133 Å². The Bertz CT molecular complexity index is 1820. The van der Waals surface area contributed by atoms with Crippen molar-refractivity contribution in [1.29, 1.82) is 0 Å².